The van der Waals surface area contributed by atoms with Crippen molar-refractivity contribution in [3.8, 4) is 6.07 Å². The number of halogens is 2. The lowest BCUT2D eigenvalue weighted by Gasteiger charge is -2.09. The second-order valence-corrected chi connectivity index (χ2v) is 4.71. The molecule has 0 saturated carbocycles. The number of carboxylic acid groups (broad SMARTS) is 1. The van der Waals surface area contributed by atoms with Crippen LogP contribution < -0.4 is 5.32 Å². The minimum atomic E-state index is -1.31. The largest absolute Gasteiger partial charge is 0.478 e. The summed E-state index contributed by atoms with van der Waals surface area (Å²) in [7, 11) is 0. The smallest absolute Gasteiger partial charge is 0.338 e. The van der Waals surface area contributed by atoms with Crippen LogP contribution in [0.2, 0.25) is 5.02 Å². The third kappa shape index (κ3) is 3.50. The Balaban J connectivity index is 2.17. The SMILES string of the molecule is N#Cc1ccc(Cl)cc1NCc1ccc(C(=O)O)c(F)c1. The fourth-order valence-corrected chi connectivity index (χ4v) is 1.97. The van der Waals surface area contributed by atoms with Crippen LogP contribution in [0.5, 0.6) is 0 Å². The lowest BCUT2D eigenvalue weighted by atomic mass is 10.1. The van der Waals surface area contributed by atoms with E-state index in [0.717, 1.165) is 6.07 Å². The van der Waals surface area contributed by atoms with Crippen molar-refractivity contribution in [3.63, 3.8) is 0 Å². The highest BCUT2D eigenvalue weighted by Crippen LogP contribution is 2.21. The first-order valence-corrected chi connectivity index (χ1v) is 6.34. The van der Waals surface area contributed by atoms with Gasteiger partial charge < -0.3 is 10.4 Å². The number of nitriles is 1. The van der Waals surface area contributed by atoms with E-state index >= 15 is 0 Å². The van der Waals surface area contributed by atoms with Crippen molar-refractivity contribution >= 4 is 23.3 Å². The zero-order valence-electron chi connectivity index (χ0n) is 10.7. The Hall–Kier alpha value is -2.58. The molecule has 2 aromatic rings. The van der Waals surface area contributed by atoms with Crippen molar-refractivity contribution < 1.29 is 14.3 Å². The highest BCUT2D eigenvalue weighted by Gasteiger charge is 2.10. The molecule has 2 N–H and O–H groups in total. The Morgan fingerprint density at radius 3 is 2.71 bits per heavy atom. The van der Waals surface area contributed by atoms with Gasteiger partial charge in [0, 0.05) is 11.6 Å². The molecule has 106 valence electrons. The summed E-state index contributed by atoms with van der Waals surface area (Å²) >= 11 is 5.86. The summed E-state index contributed by atoms with van der Waals surface area (Å²) in [5.41, 5.74) is 1.13. The molecule has 0 unspecified atom stereocenters. The van der Waals surface area contributed by atoms with Gasteiger partial charge in [-0.05, 0) is 35.9 Å². The van der Waals surface area contributed by atoms with Crippen LogP contribution >= 0.6 is 11.6 Å². The first-order chi connectivity index (χ1) is 10.0. The molecule has 6 heteroatoms. The fourth-order valence-electron chi connectivity index (χ4n) is 1.80. The zero-order valence-corrected chi connectivity index (χ0v) is 11.5. The van der Waals surface area contributed by atoms with Crippen molar-refractivity contribution in [3.05, 3.63) is 63.9 Å². The number of carboxylic acids is 1. The average molecular weight is 305 g/mol. The third-order valence-electron chi connectivity index (χ3n) is 2.85. The molecule has 2 aromatic carbocycles. The number of nitrogens with one attached hydrogen (secondary N) is 1. The minimum Gasteiger partial charge on any atom is -0.478 e. The van der Waals surface area contributed by atoms with Gasteiger partial charge in [-0.2, -0.15) is 5.26 Å². The molecule has 21 heavy (non-hydrogen) atoms. The maximum atomic E-state index is 13.6. The van der Waals surface area contributed by atoms with Crippen LogP contribution in [0.4, 0.5) is 10.1 Å². The Morgan fingerprint density at radius 2 is 2.10 bits per heavy atom. The first kappa shape index (κ1) is 14.8. The molecule has 0 aliphatic carbocycles. The monoisotopic (exact) mass is 304 g/mol. The zero-order chi connectivity index (χ0) is 15.4. The van der Waals surface area contributed by atoms with Gasteiger partial charge in [-0.15, -0.1) is 0 Å². The summed E-state index contributed by atoms with van der Waals surface area (Å²) in [5.74, 6) is -2.11. The van der Waals surface area contributed by atoms with Crippen LogP contribution in [-0.2, 0) is 6.54 Å². The number of nitrogens with zero attached hydrogens (tertiary/aromatic N) is 1. The molecule has 0 aliphatic heterocycles. The molecular weight excluding hydrogens is 295 g/mol. The Labute approximate surface area is 125 Å². The number of benzene rings is 2. The van der Waals surface area contributed by atoms with E-state index in [9.17, 15) is 9.18 Å². The predicted molar refractivity (Wildman–Crippen MR) is 76.9 cm³/mol. The molecule has 0 radical (unpaired) electrons. The van der Waals surface area contributed by atoms with Gasteiger partial charge in [0.05, 0.1) is 16.8 Å². The standard InChI is InChI=1S/C15H10ClFN2O2/c16-11-3-2-10(7-18)14(6-11)19-8-9-1-4-12(15(20)21)13(17)5-9/h1-6,19H,8H2,(H,20,21). The van der Waals surface area contributed by atoms with Gasteiger partial charge >= 0.3 is 5.97 Å². The first-order valence-electron chi connectivity index (χ1n) is 5.96. The molecule has 0 amide bonds. The number of aromatic carboxylic acids is 1. The fraction of sp³-hybridized carbons (Fsp3) is 0.0667. The van der Waals surface area contributed by atoms with Crippen LogP contribution in [-0.4, -0.2) is 11.1 Å². The highest BCUT2D eigenvalue weighted by molar-refractivity contribution is 6.30. The summed E-state index contributed by atoms with van der Waals surface area (Å²) in [6.45, 7) is 0.242. The van der Waals surface area contributed by atoms with Gasteiger partial charge in [-0.1, -0.05) is 17.7 Å². The van der Waals surface area contributed by atoms with Crippen molar-refractivity contribution in [2.75, 3.05) is 5.32 Å². The molecule has 0 aromatic heterocycles. The van der Waals surface area contributed by atoms with Crippen molar-refractivity contribution in [2.45, 2.75) is 6.54 Å². The van der Waals surface area contributed by atoms with Crippen LogP contribution in [0, 0.1) is 17.1 Å². The normalized spacial score (nSPS) is 9.95. The second kappa shape index (κ2) is 6.25. The van der Waals surface area contributed by atoms with E-state index in [1.807, 2.05) is 6.07 Å². The average Bonchev–Trinajstić information content (AvgIpc) is 2.45. The Kier molecular flexibility index (Phi) is 4.41. The van der Waals surface area contributed by atoms with Gasteiger partial charge in [-0.25, -0.2) is 9.18 Å². The van der Waals surface area contributed by atoms with E-state index in [0.29, 0.717) is 21.8 Å². The summed E-state index contributed by atoms with van der Waals surface area (Å²) in [6, 6.07) is 10.7. The second-order valence-electron chi connectivity index (χ2n) is 4.27. The van der Waals surface area contributed by atoms with Crippen molar-refractivity contribution in [2.24, 2.45) is 0 Å². The van der Waals surface area contributed by atoms with E-state index in [1.54, 1.807) is 18.2 Å². The number of hydrogen-bond acceptors (Lipinski definition) is 3. The molecule has 0 aliphatic rings. The quantitative estimate of drug-likeness (QED) is 0.904. The summed E-state index contributed by atoms with van der Waals surface area (Å²) in [4.78, 5) is 10.7. The summed E-state index contributed by atoms with van der Waals surface area (Å²) in [6.07, 6.45) is 0. The van der Waals surface area contributed by atoms with Gasteiger partial charge in [0.15, 0.2) is 0 Å². The van der Waals surface area contributed by atoms with E-state index in [-0.39, 0.29) is 12.1 Å². The van der Waals surface area contributed by atoms with Crippen LogP contribution in [0.25, 0.3) is 0 Å². The van der Waals surface area contributed by atoms with Gasteiger partial charge in [0.2, 0.25) is 0 Å². The third-order valence-corrected chi connectivity index (χ3v) is 3.08. The maximum absolute atomic E-state index is 13.6. The molecule has 0 bridgehead atoms. The summed E-state index contributed by atoms with van der Waals surface area (Å²) < 4.78 is 13.6. The Morgan fingerprint density at radius 1 is 1.33 bits per heavy atom. The van der Waals surface area contributed by atoms with Gasteiger partial charge in [-0.3, -0.25) is 0 Å². The summed E-state index contributed by atoms with van der Waals surface area (Å²) in [5, 5.41) is 21.2. The highest BCUT2D eigenvalue weighted by atomic mass is 35.5. The number of carbonyl (C=O) groups is 1. The molecule has 0 saturated heterocycles. The van der Waals surface area contributed by atoms with E-state index in [4.69, 9.17) is 22.0 Å². The van der Waals surface area contributed by atoms with Gasteiger partial charge in [0.25, 0.3) is 0 Å². The number of rotatable bonds is 4. The molecule has 4 nitrogen and oxygen atoms in total. The number of hydrogen-bond donors (Lipinski definition) is 2. The van der Waals surface area contributed by atoms with E-state index < -0.39 is 11.8 Å². The maximum Gasteiger partial charge on any atom is 0.338 e. The lowest BCUT2D eigenvalue weighted by molar-refractivity contribution is 0.0692. The van der Waals surface area contributed by atoms with E-state index in [2.05, 4.69) is 5.32 Å². The predicted octanol–water partition coefficient (Wildman–Crippen LogP) is 3.66. The molecule has 0 atom stereocenters. The molecular formula is C15H10ClFN2O2. The van der Waals surface area contributed by atoms with Gasteiger partial charge in [0.1, 0.15) is 11.9 Å². The molecule has 0 spiro atoms. The Bertz CT molecular complexity index is 741. The van der Waals surface area contributed by atoms with Crippen molar-refractivity contribution in [1.29, 1.82) is 5.26 Å². The van der Waals surface area contributed by atoms with Crippen molar-refractivity contribution in [1.82, 2.24) is 0 Å². The van der Waals surface area contributed by atoms with E-state index in [1.165, 1.54) is 12.1 Å². The lowest BCUT2D eigenvalue weighted by Crippen LogP contribution is -2.05. The topological polar surface area (TPSA) is 73.1 Å². The molecule has 0 heterocycles. The minimum absolute atomic E-state index is 0.242. The number of anilines is 1. The van der Waals surface area contributed by atoms with Crippen LogP contribution in [0.3, 0.4) is 0 Å². The molecule has 2 rings (SSSR count). The molecule has 0 fully saturated rings. The van der Waals surface area contributed by atoms with Crippen LogP contribution in [0.15, 0.2) is 36.4 Å². The van der Waals surface area contributed by atoms with Crippen LogP contribution in [0.1, 0.15) is 21.5 Å².